The van der Waals surface area contributed by atoms with Gasteiger partial charge in [0.25, 0.3) is 0 Å². The first-order valence-electron chi connectivity index (χ1n) is 4.18. The van der Waals surface area contributed by atoms with Crippen LogP contribution in [0.15, 0.2) is 11.6 Å². The van der Waals surface area contributed by atoms with Crippen LogP contribution in [0.3, 0.4) is 0 Å². The van der Waals surface area contributed by atoms with Crippen molar-refractivity contribution in [1.82, 2.24) is 5.32 Å². The molecule has 0 aromatic carbocycles. The molecule has 0 bridgehead atoms. The number of hydrogen-bond acceptors (Lipinski definition) is 2. The molecule has 1 aliphatic heterocycles. The third-order valence-electron chi connectivity index (χ3n) is 2.33. The Kier molecular flexibility index (Phi) is 4.83. The smallest absolute Gasteiger partial charge is 0.0519 e. The maximum Gasteiger partial charge on any atom is 0.0519 e. The van der Waals surface area contributed by atoms with Crippen molar-refractivity contribution in [2.75, 3.05) is 19.7 Å². The summed E-state index contributed by atoms with van der Waals surface area (Å²) < 4.78 is 0. The van der Waals surface area contributed by atoms with Gasteiger partial charge in [0.15, 0.2) is 0 Å². The van der Waals surface area contributed by atoms with Crippen molar-refractivity contribution in [3.8, 4) is 0 Å². The highest BCUT2D eigenvalue weighted by Crippen LogP contribution is 2.28. The summed E-state index contributed by atoms with van der Waals surface area (Å²) in [5.74, 6) is 0. The fraction of sp³-hybridized carbons (Fsp3) is 0.778. The van der Waals surface area contributed by atoms with Crippen molar-refractivity contribution < 1.29 is 5.11 Å². The molecule has 0 amide bonds. The van der Waals surface area contributed by atoms with Crippen LogP contribution in [0, 0.1) is 5.41 Å². The van der Waals surface area contributed by atoms with Gasteiger partial charge in [-0.15, -0.1) is 12.4 Å². The molecule has 0 unspecified atom stereocenters. The minimum Gasteiger partial charge on any atom is -0.395 e. The molecule has 0 saturated heterocycles. The van der Waals surface area contributed by atoms with Gasteiger partial charge in [0.2, 0.25) is 0 Å². The van der Waals surface area contributed by atoms with Crippen LogP contribution < -0.4 is 5.32 Å². The van der Waals surface area contributed by atoms with Crippen molar-refractivity contribution >= 4 is 12.4 Å². The van der Waals surface area contributed by atoms with Crippen LogP contribution in [-0.4, -0.2) is 24.8 Å². The molecule has 0 atom stereocenters. The Labute approximate surface area is 80.5 Å². The van der Waals surface area contributed by atoms with Gasteiger partial charge >= 0.3 is 0 Å². The van der Waals surface area contributed by atoms with Crippen LogP contribution in [0.1, 0.15) is 20.3 Å². The zero-order valence-electron chi connectivity index (χ0n) is 7.76. The fourth-order valence-corrected chi connectivity index (χ4v) is 1.34. The summed E-state index contributed by atoms with van der Waals surface area (Å²) >= 11 is 0. The van der Waals surface area contributed by atoms with E-state index in [0.29, 0.717) is 0 Å². The maximum absolute atomic E-state index is 9.09. The Morgan fingerprint density at radius 3 is 2.67 bits per heavy atom. The van der Waals surface area contributed by atoms with Gasteiger partial charge in [-0.2, -0.15) is 0 Å². The average Bonchev–Trinajstić information content (AvgIpc) is 2.06. The highest BCUT2D eigenvalue weighted by atomic mass is 35.5. The van der Waals surface area contributed by atoms with E-state index in [2.05, 4.69) is 25.2 Å². The Morgan fingerprint density at radius 2 is 2.25 bits per heavy atom. The highest BCUT2D eigenvalue weighted by Gasteiger charge is 2.22. The lowest BCUT2D eigenvalue weighted by Gasteiger charge is -2.28. The molecular weight excluding hydrogens is 174 g/mol. The standard InChI is InChI=1S/C9H17NO.ClH/c1-9(2,7-11)8-3-5-10-6-4-8;/h3,10-11H,4-7H2,1-2H3;1H. The Morgan fingerprint density at radius 1 is 1.58 bits per heavy atom. The van der Waals surface area contributed by atoms with Gasteiger partial charge in [0.1, 0.15) is 0 Å². The maximum atomic E-state index is 9.09. The van der Waals surface area contributed by atoms with Crippen molar-refractivity contribution in [3.63, 3.8) is 0 Å². The van der Waals surface area contributed by atoms with Gasteiger partial charge in [-0.3, -0.25) is 0 Å². The Balaban J connectivity index is 0.00000121. The van der Waals surface area contributed by atoms with Gasteiger partial charge in [0, 0.05) is 12.0 Å². The number of rotatable bonds is 2. The zero-order chi connectivity index (χ0) is 8.32. The summed E-state index contributed by atoms with van der Waals surface area (Å²) in [4.78, 5) is 0. The van der Waals surface area contributed by atoms with Gasteiger partial charge in [0.05, 0.1) is 6.61 Å². The van der Waals surface area contributed by atoms with Crippen LogP contribution in [-0.2, 0) is 0 Å². The topological polar surface area (TPSA) is 32.3 Å². The molecule has 0 aromatic rings. The first-order chi connectivity index (χ1) is 5.17. The molecule has 2 N–H and O–H groups in total. The molecule has 72 valence electrons. The third-order valence-corrected chi connectivity index (χ3v) is 2.33. The van der Waals surface area contributed by atoms with E-state index in [1.807, 2.05) is 0 Å². The molecule has 0 aromatic heterocycles. The second-order valence-corrected chi connectivity index (χ2v) is 3.73. The summed E-state index contributed by atoms with van der Waals surface area (Å²) in [5, 5.41) is 12.3. The van der Waals surface area contributed by atoms with Crippen LogP contribution in [0.25, 0.3) is 0 Å². The Hall–Kier alpha value is -0.0500. The number of hydrogen-bond donors (Lipinski definition) is 2. The summed E-state index contributed by atoms with van der Waals surface area (Å²) in [5.41, 5.74) is 1.38. The molecule has 0 radical (unpaired) electrons. The predicted molar refractivity (Wildman–Crippen MR) is 53.7 cm³/mol. The van der Waals surface area contributed by atoms with Crippen LogP contribution in [0.5, 0.6) is 0 Å². The molecule has 1 aliphatic rings. The summed E-state index contributed by atoms with van der Waals surface area (Å²) in [6.45, 7) is 6.43. The molecule has 1 rings (SSSR count). The lowest BCUT2D eigenvalue weighted by molar-refractivity contribution is 0.185. The number of nitrogens with one attached hydrogen (secondary N) is 1. The molecule has 0 fully saturated rings. The third kappa shape index (κ3) is 2.77. The molecule has 1 heterocycles. The van der Waals surface area contributed by atoms with Crippen LogP contribution in [0.2, 0.25) is 0 Å². The monoisotopic (exact) mass is 191 g/mol. The second-order valence-electron chi connectivity index (χ2n) is 3.73. The van der Waals surface area contributed by atoms with E-state index in [1.165, 1.54) is 5.57 Å². The van der Waals surface area contributed by atoms with E-state index in [1.54, 1.807) is 0 Å². The first-order valence-corrected chi connectivity index (χ1v) is 4.18. The quantitative estimate of drug-likeness (QED) is 0.646. The number of aliphatic hydroxyl groups is 1. The molecule has 12 heavy (non-hydrogen) atoms. The van der Waals surface area contributed by atoms with E-state index in [-0.39, 0.29) is 24.4 Å². The first kappa shape index (κ1) is 11.9. The van der Waals surface area contributed by atoms with Crippen LogP contribution in [0.4, 0.5) is 0 Å². The molecule has 0 aliphatic carbocycles. The summed E-state index contributed by atoms with van der Waals surface area (Å²) in [7, 11) is 0. The van der Waals surface area contributed by atoms with Crippen molar-refractivity contribution in [2.45, 2.75) is 20.3 Å². The van der Waals surface area contributed by atoms with Gasteiger partial charge in [-0.25, -0.2) is 0 Å². The average molecular weight is 192 g/mol. The molecule has 0 spiro atoms. The summed E-state index contributed by atoms with van der Waals surface area (Å²) in [6, 6.07) is 0. The minimum atomic E-state index is -0.0118. The van der Waals surface area contributed by atoms with Crippen LogP contribution >= 0.6 is 12.4 Å². The lowest BCUT2D eigenvalue weighted by atomic mass is 9.82. The molecule has 0 saturated carbocycles. The van der Waals surface area contributed by atoms with Crippen molar-refractivity contribution in [2.24, 2.45) is 5.41 Å². The Bertz CT molecular complexity index is 166. The number of halogens is 1. The molecular formula is C9H18ClNO. The van der Waals surface area contributed by atoms with E-state index < -0.39 is 0 Å². The SMILES string of the molecule is CC(C)(CO)C1=CCNCC1.Cl. The van der Waals surface area contributed by atoms with Crippen molar-refractivity contribution in [1.29, 1.82) is 0 Å². The van der Waals surface area contributed by atoms with E-state index in [4.69, 9.17) is 5.11 Å². The predicted octanol–water partition coefficient (Wildman–Crippen LogP) is 1.35. The zero-order valence-corrected chi connectivity index (χ0v) is 8.58. The van der Waals surface area contributed by atoms with Gasteiger partial charge in [-0.05, 0) is 13.0 Å². The van der Waals surface area contributed by atoms with Gasteiger partial charge in [-0.1, -0.05) is 25.5 Å². The van der Waals surface area contributed by atoms with E-state index in [9.17, 15) is 0 Å². The minimum absolute atomic E-state index is 0. The summed E-state index contributed by atoms with van der Waals surface area (Å²) in [6.07, 6.45) is 3.27. The largest absolute Gasteiger partial charge is 0.395 e. The normalized spacial score (nSPS) is 18.1. The van der Waals surface area contributed by atoms with Gasteiger partial charge < -0.3 is 10.4 Å². The lowest BCUT2D eigenvalue weighted by Crippen LogP contribution is -2.28. The fourth-order valence-electron chi connectivity index (χ4n) is 1.34. The highest BCUT2D eigenvalue weighted by molar-refractivity contribution is 5.85. The second kappa shape index (κ2) is 4.85. The van der Waals surface area contributed by atoms with E-state index in [0.717, 1.165) is 19.5 Å². The number of aliphatic hydroxyl groups excluding tert-OH is 1. The van der Waals surface area contributed by atoms with Crippen molar-refractivity contribution in [3.05, 3.63) is 11.6 Å². The molecule has 3 heteroatoms. The van der Waals surface area contributed by atoms with E-state index >= 15 is 0 Å². The molecule has 2 nitrogen and oxygen atoms in total.